The second-order valence-electron chi connectivity index (χ2n) is 5.81. The van der Waals surface area contributed by atoms with Gasteiger partial charge in [0.05, 0.1) is 6.10 Å². The number of piperazine rings is 1. The summed E-state index contributed by atoms with van der Waals surface area (Å²) in [6.07, 6.45) is 2.60. The number of benzene rings is 1. The number of aromatic hydroxyl groups is 1. The predicted molar refractivity (Wildman–Crippen MR) is 91.5 cm³/mol. The molecule has 2 fully saturated rings. The predicted octanol–water partition coefficient (Wildman–Crippen LogP) is 1.57. The third kappa shape index (κ3) is 3.81. The summed E-state index contributed by atoms with van der Waals surface area (Å²) in [6, 6.07) is 7.38. The Morgan fingerprint density at radius 2 is 1.95 bits per heavy atom. The van der Waals surface area contributed by atoms with Gasteiger partial charge < -0.3 is 25.0 Å². The molecule has 3 rings (SSSR count). The van der Waals surface area contributed by atoms with E-state index in [0.717, 1.165) is 63.0 Å². The third-order valence-electron chi connectivity index (χ3n) is 4.29. The zero-order valence-electron chi connectivity index (χ0n) is 12.7. The molecular formula is C16H23N3O2S. The number of rotatable bonds is 3. The summed E-state index contributed by atoms with van der Waals surface area (Å²) in [5.74, 6) is 0.307. The van der Waals surface area contributed by atoms with Crippen LogP contribution >= 0.6 is 12.2 Å². The molecule has 120 valence electrons. The van der Waals surface area contributed by atoms with Crippen molar-refractivity contribution in [2.45, 2.75) is 18.9 Å². The van der Waals surface area contributed by atoms with E-state index in [1.807, 2.05) is 12.1 Å². The van der Waals surface area contributed by atoms with E-state index in [4.69, 9.17) is 17.0 Å². The average molecular weight is 321 g/mol. The quantitative estimate of drug-likeness (QED) is 0.824. The summed E-state index contributed by atoms with van der Waals surface area (Å²) in [7, 11) is 0. The maximum Gasteiger partial charge on any atom is 0.169 e. The highest BCUT2D eigenvalue weighted by Crippen LogP contribution is 2.19. The lowest BCUT2D eigenvalue weighted by atomic mass is 10.2. The topological polar surface area (TPSA) is 48.0 Å². The first-order valence-electron chi connectivity index (χ1n) is 7.91. The van der Waals surface area contributed by atoms with Crippen LogP contribution in [0.4, 0.5) is 5.69 Å². The Kier molecular flexibility index (Phi) is 5.00. The van der Waals surface area contributed by atoms with Crippen LogP contribution in [0.1, 0.15) is 12.8 Å². The number of thiocarbonyl (C=S) groups is 1. The van der Waals surface area contributed by atoms with Crippen molar-refractivity contribution in [2.75, 3.05) is 44.2 Å². The van der Waals surface area contributed by atoms with Crippen molar-refractivity contribution in [3.05, 3.63) is 24.3 Å². The molecule has 0 amide bonds. The van der Waals surface area contributed by atoms with Crippen molar-refractivity contribution in [1.82, 2.24) is 10.2 Å². The van der Waals surface area contributed by atoms with Crippen molar-refractivity contribution in [1.29, 1.82) is 0 Å². The Labute approximate surface area is 136 Å². The zero-order valence-corrected chi connectivity index (χ0v) is 13.5. The number of anilines is 1. The minimum Gasteiger partial charge on any atom is -0.508 e. The number of phenolic OH excluding ortho intramolecular Hbond substituents is 1. The molecule has 2 aliphatic rings. The SMILES string of the molecule is Oc1ccc(N2CCN(C(=S)NC[C@@H]3CCCO3)CC2)cc1. The van der Waals surface area contributed by atoms with Crippen molar-refractivity contribution < 1.29 is 9.84 Å². The molecule has 0 spiro atoms. The van der Waals surface area contributed by atoms with E-state index >= 15 is 0 Å². The van der Waals surface area contributed by atoms with E-state index in [-0.39, 0.29) is 0 Å². The van der Waals surface area contributed by atoms with Crippen molar-refractivity contribution in [3.63, 3.8) is 0 Å². The molecule has 2 heterocycles. The average Bonchev–Trinajstić information content (AvgIpc) is 3.07. The number of nitrogens with zero attached hydrogens (tertiary/aromatic N) is 2. The van der Waals surface area contributed by atoms with Gasteiger partial charge in [0.1, 0.15) is 5.75 Å². The molecule has 1 aromatic carbocycles. The van der Waals surface area contributed by atoms with E-state index in [9.17, 15) is 5.11 Å². The molecule has 0 unspecified atom stereocenters. The zero-order chi connectivity index (χ0) is 15.4. The lowest BCUT2D eigenvalue weighted by molar-refractivity contribution is 0.113. The second-order valence-corrected chi connectivity index (χ2v) is 6.20. The standard InChI is InChI=1S/C16H23N3O2S/c20-14-5-3-13(4-6-14)18-7-9-19(10-8-18)16(22)17-12-15-2-1-11-21-15/h3-6,15,20H,1-2,7-12H2,(H,17,22)/t15-/m0/s1. The number of hydrogen-bond acceptors (Lipinski definition) is 4. The molecule has 2 N–H and O–H groups in total. The smallest absolute Gasteiger partial charge is 0.169 e. The number of nitrogens with one attached hydrogen (secondary N) is 1. The lowest BCUT2D eigenvalue weighted by Gasteiger charge is -2.37. The molecule has 2 aliphatic heterocycles. The van der Waals surface area contributed by atoms with Crippen LogP contribution in [0, 0.1) is 0 Å². The van der Waals surface area contributed by atoms with Gasteiger partial charge in [-0.25, -0.2) is 0 Å². The summed E-state index contributed by atoms with van der Waals surface area (Å²) >= 11 is 5.49. The fourth-order valence-electron chi connectivity index (χ4n) is 2.95. The molecular weight excluding hydrogens is 298 g/mol. The third-order valence-corrected chi connectivity index (χ3v) is 4.69. The van der Waals surface area contributed by atoms with Gasteiger partial charge in [0.15, 0.2) is 5.11 Å². The largest absolute Gasteiger partial charge is 0.508 e. The van der Waals surface area contributed by atoms with Gasteiger partial charge in [-0.2, -0.15) is 0 Å². The maximum absolute atomic E-state index is 9.36. The van der Waals surface area contributed by atoms with Crippen LogP contribution in [0.15, 0.2) is 24.3 Å². The van der Waals surface area contributed by atoms with Gasteiger partial charge in [-0.1, -0.05) is 0 Å². The van der Waals surface area contributed by atoms with E-state index in [0.29, 0.717) is 11.9 Å². The van der Waals surface area contributed by atoms with Gasteiger partial charge in [0.25, 0.3) is 0 Å². The van der Waals surface area contributed by atoms with E-state index in [2.05, 4.69) is 15.1 Å². The van der Waals surface area contributed by atoms with Crippen LogP contribution in [-0.4, -0.2) is 60.6 Å². The first-order chi connectivity index (χ1) is 10.7. The minimum absolute atomic E-state index is 0.307. The van der Waals surface area contributed by atoms with Crippen molar-refractivity contribution in [2.24, 2.45) is 0 Å². The van der Waals surface area contributed by atoms with Gasteiger partial charge in [-0.05, 0) is 49.3 Å². The molecule has 1 atom stereocenters. The molecule has 5 nitrogen and oxygen atoms in total. The van der Waals surface area contributed by atoms with Gasteiger partial charge >= 0.3 is 0 Å². The Morgan fingerprint density at radius 3 is 2.59 bits per heavy atom. The summed E-state index contributed by atoms with van der Waals surface area (Å²) in [4.78, 5) is 4.54. The highest BCUT2D eigenvalue weighted by atomic mass is 32.1. The molecule has 0 aromatic heterocycles. The first-order valence-corrected chi connectivity index (χ1v) is 8.31. The molecule has 0 saturated carbocycles. The summed E-state index contributed by atoms with van der Waals surface area (Å²) in [5.41, 5.74) is 1.15. The molecule has 1 aromatic rings. The monoisotopic (exact) mass is 321 g/mol. The molecule has 0 aliphatic carbocycles. The van der Waals surface area contributed by atoms with Gasteiger partial charge in [0.2, 0.25) is 0 Å². The second kappa shape index (κ2) is 7.15. The number of phenols is 1. The summed E-state index contributed by atoms with van der Waals surface area (Å²) in [5, 5.41) is 13.5. The van der Waals surface area contributed by atoms with Crippen LogP contribution in [0.5, 0.6) is 5.75 Å². The Morgan fingerprint density at radius 1 is 1.23 bits per heavy atom. The lowest BCUT2D eigenvalue weighted by Crippen LogP contribution is -2.52. The highest BCUT2D eigenvalue weighted by Gasteiger charge is 2.21. The van der Waals surface area contributed by atoms with Gasteiger partial charge in [-0.3, -0.25) is 0 Å². The Bertz CT molecular complexity index is 495. The highest BCUT2D eigenvalue weighted by molar-refractivity contribution is 7.80. The van der Waals surface area contributed by atoms with E-state index < -0.39 is 0 Å². The molecule has 6 heteroatoms. The van der Waals surface area contributed by atoms with Crippen LogP contribution in [0.3, 0.4) is 0 Å². The number of hydrogen-bond donors (Lipinski definition) is 2. The van der Waals surface area contributed by atoms with Crippen LogP contribution in [0.25, 0.3) is 0 Å². The van der Waals surface area contributed by atoms with Crippen LogP contribution in [-0.2, 0) is 4.74 Å². The summed E-state index contributed by atoms with van der Waals surface area (Å²) in [6.45, 7) is 5.40. The maximum atomic E-state index is 9.36. The van der Waals surface area contributed by atoms with Crippen LogP contribution < -0.4 is 10.2 Å². The van der Waals surface area contributed by atoms with E-state index in [1.165, 1.54) is 0 Å². The fraction of sp³-hybridized carbons (Fsp3) is 0.562. The molecule has 0 radical (unpaired) electrons. The van der Waals surface area contributed by atoms with Gasteiger partial charge in [-0.15, -0.1) is 0 Å². The van der Waals surface area contributed by atoms with E-state index in [1.54, 1.807) is 12.1 Å². The Hall–Kier alpha value is -1.53. The van der Waals surface area contributed by atoms with Crippen LogP contribution in [0.2, 0.25) is 0 Å². The van der Waals surface area contributed by atoms with Gasteiger partial charge in [0, 0.05) is 45.0 Å². The molecule has 22 heavy (non-hydrogen) atoms. The normalized spacial score (nSPS) is 21.9. The summed E-state index contributed by atoms with van der Waals surface area (Å²) < 4.78 is 5.61. The van der Waals surface area contributed by atoms with Crippen molar-refractivity contribution in [3.8, 4) is 5.75 Å². The minimum atomic E-state index is 0.307. The first kappa shape index (κ1) is 15.4. The Balaban J connectivity index is 1.44. The van der Waals surface area contributed by atoms with Crippen molar-refractivity contribution >= 4 is 23.0 Å². The fourth-order valence-corrected chi connectivity index (χ4v) is 3.22. The number of ether oxygens (including phenoxy) is 1. The molecule has 0 bridgehead atoms. The molecule has 2 saturated heterocycles.